The molecule has 0 heterocycles. The molecule has 0 aromatic heterocycles. The quantitative estimate of drug-likeness (QED) is 0.644. The Kier molecular flexibility index (Phi) is 8.92. The van der Waals surface area contributed by atoms with Gasteiger partial charge in [-0.15, -0.1) is 12.4 Å². The lowest BCUT2D eigenvalue weighted by Crippen LogP contribution is -2.41. The Labute approximate surface area is 158 Å². The number of benzene rings is 1. The molecule has 0 spiro atoms. The van der Waals surface area contributed by atoms with Crippen molar-refractivity contribution in [1.29, 1.82) is 0 Å². The van der Waals surface area contributed by atoms with Crippen molar-refractivity contribution in [1.82, 2.24) is 5.32 Å². The van der Waals surface area contributed by atoms with Gasteiger partial charge in [0.25, 0.3) is 0 Å². The lowest BCUT2D eigenvalue weighted by atomic mass is 9.82. The fourth-order valence-corrected chi connectivity index (χ4v) is 3.16. The van der Waals surface area contributed by atoms with Gasteiger partial charge in [0, 0.05) is 23.2 Å². The fourth-order valence-electron chi connectivity index (χ4n) is 2.94. The molecule has 0 saturated heterocycles. The molecule has 0 fully saturated rings. The average molecular weight is 378 g/mol. The molecule has 24 heavy (non-hydrogen) atoms. The van der Waals surface area contributed by atoms with Crippen LogP contribution >= 0.6 is 24.0 Å². The summed E-state index contributed by atoms with van der Waals surface area (Å²) in [6.07, 6.45) is 1.15. The molecule has 0 saturated carbocycles. The van der Waals surface area contributed by atoms with E-state index in [9.17, 15) is 0 Å². The van der Waals surface area contributed by atoms with E-state index in [0.29, 0.717) is 23.1 Å². The zero-order valence-electron chi connectivity index (χ0n) is 16.2. The van der Waals surface area contributed by atoms with Gasteiger partial charge in [-0.2, -0.15) is 0 Å². The summed E-state index contributed by atoms with van der Waals surface area (Å²) in [5, 5.41) is 4.30. The van der Waals surface area contributed by atoms with Gasteiger partial charge in [0.15, 0.2) is 11.5 Å². The Balaban J connectivity index is 0.00000529. The molecule has 0 aliphatic carbocycles. The lowest BCUT2D eigenvalue weighted by molar-refractivity contribution is 0.229. The van der Waals surface area contributed by atoms with E-state index in [0.717, 1.165) is 12.0 Å². The zero-order valence-corrected chi connectivity index (χ0v) is 17.8. The molecule has 140 valence electrons. The van der Waals surface area contributed by atoms with Crippen molar-refractivity contribution < 1.29 is 9.47 Å². The van der Waals surface area contributed by atoms with Crippen molar-refractivity contribution in [2.45, 2.75) is 73.1 Å². The first-order chi connectivity index (χ1) is 10.4. The van der Waals surface area contributed by atoms with Crippen LogP contribution in [0.3, 0.4) is 0 Å². The van der Waals surface area contributed by atoms with Crippen LogP contribution in [0.25, 0.3) is 0 Å². The number of ether oxygens (including phenoxy) is 2. The third kappa shape index (κ3) is 7.96. The molecule has 3 nitrogen and oxygen atoms in total. The van der Waals surface area contributed by atoms with Crippen molar-refractivity contribution >= 4 is 24.0 Å². The molecular weight excluding hydrogens is 345 g/mol. The third-order valence-corrected chi connectivity index (χ3v) is 3.78. The maximum Gasteiger partial charge on any atom is 0.163 e. The summed E-state index contributed by atoms with van der Waals surface area (Å²) in [4.78, 5) is 0. The monoisotopic (exact) mass is 377 g/mol. The van der Waals surface area contributed by atoms with E-state index in [4.69, 9.17) is 21.1 Å². The highest BCUT2D eigenvalue weighted by molar-refractivity contribution is 6.31. The van der Waals surface area contributed by atoms with Gasteiger partial charge in [0.2, 0.25) is 0 Å². The molecule has 1 aromatic carbocycles. The smallest absolute Gasteiger partial charge is 0.163 e. The van der Waals surface area contributed by atoms with Crippen molar-refractivity contribution in [2.75, 3.05) is 7.11 Å². The molecule has 0 atom stereocenters. The van der Waals surface area contributed by atoms with Gasteiger partial charge < -0.3 is 14.8 Å². The largest absolute Gasteiger partial charge is 0.493 e. The predicted molar refractivity (Wildman–Crippen MR) is 106 cm³/mol. The summed E-state index contributed by atoms with van der Waals surface area (Å²) in [5.41, 5.74) is 1.32. The molecule has 0 radical (unpaired) electrons. The molecule has 0 aliphatic rings. The van der Waals surface area contributed by atoms with Crippen LogP contribution in [0.15, 0.2) is 12.1 Å². The van der Waals surface area contributed by atoms with E-state index < -0.39 is 0 Å². The SMILES string of the molecule is COc1cc(CNC(C)(C)CC(C)(C)C)c(Cl)cc1OC(C)C.Cl. The van der Waals surface area contributed by atoms with Gasteiger partial charge in [0.1, 0.15) is 0 Å². The molecule has 0 amide bonds. The van der Waals surface area contributed by atoms with Gasteiger partial charge in [-0.25, -0.2) is 0 Å². The van der Waals surface area contributed by atoms with Crippen LogP contribution in [0.4, 0.5) is 0 Å². The molecule has 0 unspecified atom stereocenters. The first kappa shape index (κ1) is 23.4. The first-order valence-corrected chi connectivity index (χ1v) is 8.59. The summed E-state index contributed by atoms with van der Waals surface area (Å²) in [6, 6.07) is 3.80. The molecule has 1 N–H and O–H groups in total. The van der Waals surface area contributed by atoms with Crippen LogP contribution in [0, 0.1) is 5.41 Å². The number of hydrogen-bond donors (Lipinski definition) is 1. The maximum atomic E-state index is 6.43. The average Bonchev–Trinajstić information content (AvgIpc) is 2.34. The van der Waals surface area contributed by atoms with E-state index >= 15 is 0 Å². The second-order valence-electron chi connectivity index (χ2n) is 8.24. The molecule has 1 aromatic rings. The van der Waals surface area contributed by atoms with Crippen LogP contribution in [0.1, 0.15) is 60.5 Å². The van der Waals surface area contributed by atoms with Crippen molar-refractivity contribution in [3.05, 3.63) is 22.7 Å². The van der Waals surface area contributed by atoms with Gasteiger partial charge in [-0.05, 0) is 51.2 Å². The van der Waals surface area contributed by atoms with E-state index in [2.05, 4.69) is 39.9 Å². The first-order valence-electron chi connectivity index (χ1n) is 8.21. The highest BCUT2D eigenvalue weighted by Crippen LogP contribution is 2.34. The topological polar surface area (TPSA) is 30.5 Å². The predicted octanol–water partition coefficient (Wildman–Crippen LogP) is 5.86. The molecule has 0 aliphatic heterocycles. The normalized spacial score (nSPS) is 12.1. The maximum absolute atomic E-state index is 6.43. The van der Waals surface area contributed by atoms with Gasteiger partial charge >= 0.3 is 0 Å². The minimum atomic E-state index is 0. The fraction of sp³-hybridized carbons (Fsp3) is 0.684. The number of rotatable bonds is 7. The van der Waals surface area contributed by atoms with Crippen LogP contribution in [0.2, 0.25) is 5.02 Å². The third-order valence-electron chi connectivity index (χ3n) is 3.43. The van der Waals surface area contributed by atoms with Crippen LogP contribution < -0.4 is 14.8 Å². The van der Waals surface area contributed by atoms with Crippen LogP contribution in [-0.4, -0.2) is 18.8 Å². The van der Waals surface area contributed by atoms with Crippen molar-refractivity contribution in [3.63, 3.8) is 0 Å². The Bertz CT molecular complexity index is 523. The molecular formula is C19H33Cl2NO2. The standard InChI is InChI=1S/C19H32ClNO2.ClH/c1-13(2)23-17-10-15(20)14(9-16(17)22-8)11-21-19(6,7)12-18(3,4)5;/h9-10,13,21H,11-12H2,1-8H3;1H. The van der Waals surface area contributed by atoms with Gasteiger partial charge in [-0.3, -0.25) is 0 Å². The summed E-state index contributed by atoms with van der Waals surface area (Å²) in [7, 11) is 1.65. The number of hydrogen-bond acceptors (Lipinski definition) is 3. The summed E-state index contributed by atoms with van der Waals surface area (Å²) in [5.74, 6) is 1.40. The highest BCUT2D eigenvalue weighted by atomic mass is 35.5. The van der Waals surface area contributed by atoms with E-state index in [1.807, 2.05) is 26.0 Å². The van der Waals surface area contributed by atoms with E-state index in [1.54, 1.807) is 7.11 Å². The molecule has 1 rings (SSSR count). The minimum Gasteiger partial charge on any atom is -0.493 e. The van der Waals surface area contributed by atoms with E-state index in [1.165, 1.54) is 0 Å². The molecule has 5 heteroatoms. The highest BCUT2D eigenvalue weighted by Gasteiger charge is 2.25. The number of methoxy groups -OCH3 is 1. The number of nitrogens with one attached hydrogen (secondary N) is 1. The van der Waals surface area contributed by atoms with E-state index in [-0.39, 0.29) is 29.5 Å². The van der Waals surface area contributed by atoms with Gasteiger partial charge in [0.05, 0.1) is 13.2 Å². The van der Waals surface area contributed by atoms with Gasteiger partial charge in [-0.1, -0.05) is 32.4 Å². The summed E-state index contributed by atoms with van der Waals surface area (Å²) in [6.45, 7) is 15.9. The Morgan fingerprint density at radius 1 is 1.08 bits per heavy atom. The van der Waals surface area contributed by atoms with Crippen molar-refractivity contribution in [2.24, 2.45) is 5.41 Å². The van der Waals surface area contributed by atoms with Crippen LogP contribution in [-0.2, 0) is 6.54 Å². The Morgan fingerprint density at radius 3 is 2.12 bits per heavy atom. The Hall–Kier alpha value is -0.640. The summed E-state index contributed by atoms with van der Waals surface area (Å²) < 4.78 is 11.2. The summed E-state index contributed by atoms with van der Waals surface area (Å²) >= 11 is 6.43. The van der Waals surface area contributed by atoms with Crippen LogP contribution in [0.5, 0.6) is 11.5 Å². The Morgan fingerprint density at radius 2 is 1.67 bits per heavy atom. The number of halogens is 2. The lowest BCUT2D eigenvalue weighted by Gasteiger charge is -2.33. The van der Waals surface area contributed by atoms with Crippen molar-refractivity contribution in [3.8, 4) is 11.5 Å². The second-order valence-corrected chi connectivity index (χ2v) is 8.64. The second kappa shape index (κ2) is 9.17. The zero-order chi connectivity index (χ0) is 17.8. The molecule has 0 bridgehead atoms. The minimum absolute atomic E-state index is 0.